The standard InChI is InChI=1S/C13H15Cl2NO3S/c1-20-6-5-11(13(18)19)16-12(17)7-8-9(14)3-2-4-10(8)15/h2-4,11H,5-7H2,1H3,(H,16,17)(H,18,19)/t11-/m0/s1. The molecule has 7 heteroatoms. The highest BCUT2D eigenvalue weighted by atomic mass is 35.5. The van der Waals surface area contributed by atoms with E-state index in [1.54, 1.807) is 18.2 Å². The van der Waals surface area contributed by atoms with Gasteiger partial charge in [0.25, 0.3) is 0 Å². The van der Waals surface area contributed by atoms with Gasteiger partial charge in [-0.1, -0.05) is 29.3 Å². The molecule has 0 radical (unpaired) electrons. The van der Waals surface area contributed by atoms with E-state index in [4.69, 9.17) is 28.3 Å². The molecule has 1 amide bonds. The molecule has 0 aromatic heterocycles. The maximum absolute atomic E-state index is 11.9. The van der Waals surface area contributed by atoms with Crippen LogP contribution in [0.4, 0.5) is 0 Å². The van der Waals surface area contributed by atoms with E-state index in [1.807, 2.05) is 6.26 Å². The van der Waals surface area contributed by atoms with Gasteiger partial charge in [-0.25, -0.2) is 4.79 Å². The summed E-state index contributed by atoms with van der Waals surface area (Å²) < 4.78 is 0. The number of thioether (sulfide) groups is 1. The predicted molar refractivity (Wildman–Crippen MR) is 82.7 cm³/mol. The molecule has 0 aliphatic heterocycles. The van der Waals surface area contributed by atoms with Crippen molar-refractivity contribution in [1.29, 1.82) is 0 Å². The van der Waals surface area contributed by atoms with Gasteiger partial charge in [0, 0.05) is 10.0 Å². The van der Waals surface area contributed by atoms with E-state index in [9.17, 15) is 9.59 Å². The fourth-order valence-corrected chi connectivity index (χ4v) is 2.60. The molecule has 2 N–H and O–H groups in total. The van der Waals surface area contributed by atoms with Gasteiger partial charge in [-0.15, -0.1) is 0 Å². The van der Waals surface area contributed by atoms with Crippen LogP contribution < -0.4 is 5.32 Å². The fraction of sp³-hybridized carbons (Fsp3) is 0.385. The summed E-state index contributed by atoms with van der Waals surface area (Å²) in [5.74, 6) is -0.796. The second-order valence-corrected chi connectivity index (χ2v) is 5.92. The Hall–Kier alpha value is -0.910. The van der Waals surface area contributed by atoms with Crippen molar-refractivity contribution in [3.05, 3.63) is 33.8 Å². The molecule has 110 valence electrons. The second kappa shape index (κ2) is 8.39. The number of nitrogens with one attached hydrogen (secondary N) is 1. The number of hydrogen-bond donors (Lipinski definition) is 2. The Morgan fingerprint density at radius 2 is 1.95 bits per heavy atom. The van der Waals surface area contributed by atoms with Crippen LogP contribution in [0.5, 0.6) is 0 Å². The largest absolute Gasteiger partial charge is 0.480 e. The summed E-state index contributed by atoms with van der Waals surface area (Å²) in [6.07, 6.45) is 2.21. The quantitative estimate of drug-likeness (QED) is 0.804. The number of hydrogen-bond acceptors (Lipinski definition) is 3. The lowest BCUT2D eigenvalue weighted by molar-refractivity contribution is -0.141. The SMILES string of the molecule is CSCC[C@H](NC(=O)Cc1c(Cl)cccc1Cl)C(=O)O. The molecule has 0 bridgehead atoms. The minimum absolute atomic E-state index is 0.0401. The number of carboxylic acids is 1. The third-order valence-corrected chi connectivity index (χ3v) is 4.00. The molecular weight excluding hydrogens is 321 g/mol. The van der Waals surface area contributed by atoms with Crippen molar-refractivity contribution in [3.8, 4) is 0 Å². The van der Waals surface area contributed by atoms with Crippen LogP contribution in [0.3, 0.4) is 0 Å². The first kappa shape index (κ1) is 17.1. The Morgan fingerprint density at radius 3 is 2.45 bits per heavy atom. The van der Waals surface area contributed by atoms with E-state index in [2.05, 4.69) is 5.32 Å². The number of benzene rings is 1. The minimum Gasteiger partial charge on any atom is -0.480 e. The summed E-state index contributed by atoms with van der Waals surface area (Å²) >= 11 is 13.5. The molecule has 1 atom stereocenters. The van der Waals surface area contributed by atoms with Crippen LogP contribution >= 0.6 is 35.0 Å². The Labute approximate surface area is 131 Å². The third-order valence-electron chi connectivity index (χ3n) is 2.64. The van der Waals surface area contributed by atoms with E-state index in [1.165, 1.54) is 11.8 Å². The maximum atomic E-state index is 11.9. The molecule has 1 aromatic rings. The van der Waals surface area contributed by atoms with Crippen LogP contribution in [0.2, 0.25) is 10.0 Å². The molecular formula is C13H15Cl2NO3S. The molecule has 4 nitrogen and oxygen atoms in total. The van der Waals surface area contributed by atoms with Crippen LogP contribution in [0.1, 0.15) is 12.0 Å². The molecule has 0 fully saturated rings. The smallest absolute Gasteiger partial charge is 0.326 e. The highest BCUT2D eigenvalue weighted by molar-refractivity contribution is 7.98. The molecule has 0 saturated heterocycles. The number of carboxylic acid groups (broad SMARTS) is 1. The van der Waals surface area contributed by atoms with E-state index in [-0.39, 0.29) is 6.42 Å². The highest BCUT2D eigenvalue weighted by Crippen LogP contribution is 2.24. The first-order chi connectivity index (χ1) is 9.45. The number of carbonyl (C=O) groups excluding carboxylic acids is 1. The van der Waals surface area contributed by atoms with Crippen LogP contribution in [0.15, 0.2) is 18.2 Å². The topological polar surface area (TPSA) is 66.4 Å². The van der Waals surface area contributed by atoms with E-state index in [0.29, 0.717) is 27.8 Å². The first-order valence-electron chi connectivity index (χ1n) is 5.89. The molecule has 0 saturated carbocycles. The number of amides is 1. The van der Waals surface area contributed by atoms with Gasteiger partial charge in [0.15, 0.2) is 0 Å². The lowest BCUT2D eigenvalue weighted by Crippen LogP contribution is -2.41. The summed E-state index contributed by atoms with van der Waals surface area (Å²) in [4.78, 5) is 22.9. The maximum Gasteiger partial charge on any atom is 0.326 e. The number of carbonyl (C=O) groups is 2. The molecule has 0 aliphatic rings. The van der Waals surface area contributed by atoms with Gasteiger partial charge >= 0.3 is 5.97 Å². The number of rotatable bonds is 7. The zero-order valence-electron chi connectivity index (χ0n) is 10.9. The molecule has 0 unspecified atom stereocenters. The third kappa shape index (κ3) is 5.23. The van der Waals surface area contributed by atoms with Gasteiger partial charge in [-0.3, -0.25) is 4.79 Å². The predicted octanol–water partition coefficient (Wildman–Crippen LogP) is 2.86. The number of halogens is 2. The van der Waals surface area contributed by atoms with Crippen LogP contribution in [-0.4, -0.2) is 35.0 Å². The van der Waals surface area contributed by atoms with Crippen molar-refractivity contribution in [1.82, 2.24) is 5.32 Å². The fourth-order valence-electron chi connectivity index (χ4n) is 1.60. The van der Waals surface area contributed by atoms with Crippen molar-refractivity contribution < 1.29 is 14.7 Å². The average molecular weight is 336 g/mol. The van der Waals surface area contributed by atoms with E-state index in [0.717, 1.165) is 0 Å². The average Bonchev–Trinajstić information content (AvgIpc) is 2.38. The van der Waals surface area contributed by atoms with Crippen molar-refractivity contribution in [2.24, 2.45) is 0 Å². The molecule has 1 aromatic carbocycles. The Morgan fingerprint density at radius 1 is 1.35 bits per heavy atom. The van der Waals surface area contributed by atoms with Crippen LogP contribution in [0.25, 0.3) is 0 Å². The number of aliphatic carboxylic acids is 1. The molecule has 0 aliphatic carbocycles. The van der Waals surface area contributed by atoms with Gasteiger partial charge in [0.05, 0.1) is 6.42 Å². The first-order valence-corrected chi connectivity index (χ1v) is 8.04. The Kier molecular flexibility index (Phi) is 7.19. The van der Waals surface area contributed by atoms with Crippen molar-refractivity contribution in [3.63, 3.8) is 0 Å². The summed E-state index contributed by atoms with van der Waals surface area (Å²) in [6.45, 7) is 0. The summed E-state index contributed by atoms with van der Waals surface area (Å²) in [5, 5.41) is 12.3. The van der Waals surface area contributed by atoms with E-state index < -0.39 is 17.9 Å². The van der Waals surface area contributed by atoms with E-state index >= 15 is 0 Å². The summed E-state index contributed by atoms with van der Waals surface area (Å²) in [5.41, 5.74) is 0.502. The normalized spacial score (nSPS) is 11.9. The van der Waals surface area contributed by atoms with Gasteiger partial charge in [0.1, 0.15) is 6.04 Å². The lowest BCUT2D eigenvalue weighted by Gasteiger charge is -2.14. The van der Waals surface area contributed by atoms with Crippen LogP contribution in [0, 0.1) is 0 Å². The summed E-state index contributed by atoms with van der Waals surface area (Å²) in [6, 6.07) is 4.07. The second-order valence-electron chi connectivity index (χ2n) is 4.12. The molecule has 0 spiro atoms. The van der Waals surface area contributed by atoms with Crippen molar-refractivity contribution >= 4 is 46.8 Å². The zero-order chi connectivity index (χ0) is 15.1. The summed E-state index contributed by atoms with van der Waals surface area (Å²) in [7, 11) is 0. The van der Waals surface area contributed by atoms with Crippen LogP contribution in [-0.2, 0) is 16.0 Å². The Bertz CT molecular complexity index is 476. The van der Waals surface area contributed by atoms with Crippen molar-refractivity contribution in [2.45, 2.75) is 18.9 Å². The monoisotopic (exact) mass is 335 g/mol. The zero-order valence-corrected chi connectivity index (χ0v) is 13.2. The molecule has 1 rings (SSSR count). The van der Waals surface area contributed by atoms with Gasteiger partial charge in [-0.2, -0.15) is 11.8 Å². The van der Waals surface area contributed by atoms with Gasteiger partial charge in [0.2, 0.25) is 5.91 Å². The van der Waals surface area contributed by atoms with Crippen molar-refractivity contribution in [2.75, 3.05) is 12.0 Å². The lowest BCUT2D eigenvalue weighted by atomic mass is 10.1. The Balaban J connectivity index is 2.68. The highest BCUT2D eigenvalue weighted by Gasteiger charge is 2.20. The van der Waals surface area contributed by atoms with Gasteiger partial charge < -0.3 is 10.4 Å². The van der Waals surface area contributed by atoms with Gasteiger partial charge in [-0.05, 0) is 36.1 Å². The molecule has 20 heavy (non-hydrogen) atoms. The minimum atomic E-state index is -1.04. The molecule has 0 heterocycles.